The minimum absolute atomic E-state index is 0.0541. The molecule has 0 aliphatic rings. The maximum Gasteiger partial charge on any atom is 0.338 e. The van der Waals surface area contributed by atoms with Crippen molar-refractivity contribution < 1.29 is 19.1 Å². The summed E-state index contributed by atoms with van der Waals surface area (Å²) in [5.41, 5.74) is 1.47. The SMILES string of the molecule is CCOC(=O)c1ccc(NC(=O)/C(C#N)=C/c2ccc(OC)c(Br)c2)cc1. The highest BCUT2D eigenvalue weighted by atomic mass is 79.9. The fraction of sp³-hybridized carbons (Fsp3) is 0.150. The largest absolute Gasteiger partial charge is 0.496 e. The number of halogens is 1. The molecule has 0 aromatic heterocycles. The Hall–Kier alpha value is -3.11. The highest BCUT2D eigenvalue weighted by Gasteiger charge is 2.11. The minimum Gasteiger partial charge on any atom is -0.496 e. The molecular weight excluding hydrogens is 412 g/mol. The molecule has 0 spiro atoms. The van der Waals surface area contributed by atoms with Gasteiger partial charge in [-0.15, -0.1) is 0 Å². The fourth-order valence-electron chi connectivity index (χ4n) is 2.19. The Labute approximate surface area is 165 Å². The molecule has 0 aliphatic heterocycles. The van der Waals surface area contributed by atoms with E-state index in [-0.39, 0.29) is 12.2 Å². The predicted molar refractivity (Wildman–Crippen MR) is 105 cm³/mol. The number of esters is 1. The number of hydrogen-bond acceptors (Lipinski definition) is 5. The second-order valence-corrected chi connectivity index (χ2v) is 6.17. The highest BCUT2D eigenvalue weighted by Crippen LogP contribution is 2.26. The number of anilines is 1. The zero-order chi connectivity index (χ0) is 19.8. The van der Waals surface area contributed by atoms with E-state index in [4.69, 9.17) is 9.47 Å². The number of hydrogen-bond donors (Lipinski definition) is 1. The van der Waals surface area contributed by atoms with Gasteiger partial charge in [0.15, 0.2) is 0 Å². The normalized spacial score (nSPS) is 10.7. The molecule has 0 saturated carbocycles. The van der Waals surface area contributed by atoms with Crippen molar-refractivity contribution in [3.05, 3.63) is 63.6 Å². The number of carbonyl (C=O) groups excluding carboxylic acids is 2. The van der Waals surface area contributed by atoms with Gasteiger partial charge in [0.05, 0.1) is 23.8 Å². The number of rotatable bonds is 6. The van der Waals surface area contributed by atoms with Crippen LogP contribution in [-0.2, 0) is 9.53 Å². The lowest BCUT2D eigenvalue weighted by Crippen LogP contribution is -2.13. The molecule has 0 unspecified atom stereocenters. The van der Waals surface area contributed by atoms with Gasteiger partial charge in [-0.2, -0.15) is 5.26 Å². The van der Waals surface area contributed by atoms with E-state index in [1.165, 1.54) is 6.08 Å². The molecule has 0 heterocycles. The molecule has 2 rings (SSSR count). The van der Waals surface area contributed by atoms with E-state index < -0.39 is 11.9 Å². The molecule has 0 bridgehead atoms. The van der Waals surface area contributed by atoms with E-state index in [0.717, 1.165) is 0 Å². The first-order chi connectivity index (χ1) is 13.0. The summed E-state index contributed by atoms with van der Waals surface area (Å²) < 4.78 is 10.8. The van der Waals surface area contributed by atoms with Crippen LogP contribution in [0.1, 0.15) is 22.8 Å². The molecule has 2 aromatic rings. The number of methoxy groups -OCH3 is 1. The maximum atomic E-state index is 12.3. The Morgan fingerprint density at radius 1 is 1.22 bits per heavy atom. The van der Waals surface area contributed by atoms with Crippen molar-refractivity contribution in [2.75, 3.05) is 19.0 Å². The summed E-state index contributed by atoms with van der Waals surface area (Å²) in [6.07, 6.45) is 1.48. The van der Waals surface area contributed by atoms with Gasteiger partial charge in [0.1, 0.15) is 17.4 Å². The molecule has 2 aromatic carbocycles. The monoisotopic (exact) mass is 428 g/mol. The Balaban J connectivity index is 2.14. The third-order valence-corrected chi connectivity index (χ3v) is 4.13. The first-order valence-electron chi connectivity index (χ1n) is 8.02. The van der Waals surface area contributed by atoms with E-state index in [2.05, 4.69) is 21.2 Å². The van der Waals surface area contributed by atoms with Crippen molar-refractivity contribution in [1.29, 1.82) is 5.26 Å². The van der Waals surface area contributed by atoms with Crippen LogP contribution in [0.3, 0.4) is 0 Å². The van der Waals surface area contributed by atoms with Gasteiger partial charge in [-0.1, -0.05) is 6.07 Å². The molecule has 0 radical (unpaired) electrons. The smallest absolute Gasteiger partial charge is 0.338 e. The van der Waals surface area contributed by atoms with Crippen LogP contribution < -0.4 is 10.1 Å². The summed E-state index contributed by atoms with van der Waals surface area (Å²) in [6, 6.07) is 13.3. The number of carbonyl (C=O) groups is 2. The number of nitriles is 1. The first-order valence-corrected chi connectivity index (χ1v) is 8.81. The Morgan fingerprint density at radius 2 is 1.93 bits per heavy atom. The van der Waals surface area contributed by atoms with Crippen LogP contribution in [0.25, 0.3) is 6.08 Å². The van der Waals surface area contributed by atoms with Gasteiger partial charge in [-0.3, -0.25) is 4.79 Å². The van der Waals surface area contributed by atoms with E-state index in [1.807, 2.05) is 6.07 Å². The molecule has 6 nitrogen and oxygen atoms in total. The molecule has 1 N–H and O–H groups in total. The second kappa shape index (κ2) is 9.55. The molecule has 0 saturated heterocycles. The average molecular weight is 429 g/mol. The molecule has 27 heavy (non-hydrogen) atoms. The first kappa shape index (κ1) is 20.2. The summed E-state index contributed by atoms with van der Waals surface area (Å²) in [4.78, 5) is 24.0. The van der Waals surface area contributed by atoms with E-state index in [9.17, 15) is 14.9 Å². The summed E-state index contributed by atoms with van der Waals surface area (Å²) in [5, 5.41) is 11.9. The van der Waals surface area contributed by atoms with Crippen molar-refractivity contribution in [2.24, 2.45) is 0 Å². The van der Waals surface area contributed by atoms with Crippen LogP contribution in [0.2, 0.25) is 0 Å². The van der Waals surface area contributed by atoms with Crippen LogP contribution in [-0.4, -0.2) is 25.6 Å². The quantitative estimate of drug-likeness (QED) is 0.423. The van der Waals surface area contributed by atoms with Crippen LogP contribution in [0.5, 0.6) is 5.75 Å². The summed E-state index contributed by atoms with van der Waals surface area (Å²) >= 11 is 3.36. The van der Waals surface area contributed by atoms with Crippen molar-refractivity contribution in [3.63, 3.8) is 0 Å². The third-order valence-electron chi connectivity index (χ3n) is 3.51. The fourth-order valence-corrected chi connectivity index (χ4v) is 2.75. The second-order valence-electron chi connectivity index (χ2n) is 5.32. The van der Waals surface area contributed by atoms with Crippen LogP contribution in [0.4, 0.5) is 5.69 Å². The molecule has 0 atom stereocenters. The Morgan fingerprint density at radius 3 is 2.48 bits per heavy atom. The molecule has 1 amide bonds. The van der Waals surface area contributed by atoms with Gasteiger partial charge >= 0.3 is 5.97 Å². The van der Waals surface area contributed by atoms with Crippen LogP contribution >= 0.6 is 15.9 Å². The van der Waals surface area contributed by atoms with Crippen molar-refractivity contribution in [2.45, 2.75) is 6.92 Å². The molecule has 138 valence electrons. The van der Waals surface area contributed by atoms with E-state index in [0.29, 0.717) is 27.0 Å². The summed E-state index contributed by atoms with van der Waals surface area (Å²) in [5.74, 6) is -0.330. The lowest BCUT2D eigenvalue weighted by atomic mass is 10.1. The third kappa shape index (κ3) is 5.43. The van der Waals surface area contributed by atoms with Gasteiger partial charge < -0.3 is 14.8 Å². The standard InChI is InChI=1S/C20H17BrN2O4/c1-3-27-20(25)14-5-7-16(8-6-14)23-19(24)15(12-22)10-13-4-9-18(26-2)17(21)11-13/h4-11H,3H2,1-2H3,(H,23,24)/b15-10+. The van der Waals surface area contributed by atoms with Gasteiger partial charge in [0, 0.05) is 5.69 Å². The van der Waals surface area contributed by atoms with Crippen LogP contribution in [0.15, 0.2) is 52.5 Å². The Bertz CT molecular complexity index is 915. The topological polar surface area (TPSA) is 88.4 Å². The molecule has 0 fully saturated rings. The van der Waals surface area contributed by atoms with Gasteiger partial charge in [-0.25, -0.2) is 4.79 Å². The highest BCUT2D eigenvalue weighted by molar-refractivity contribution is 9.10. The summed E-state index contributed by atoms with van der Waals surface area (Å²) in [7, 11) is 1.55. The van der Waals surface area contributed by atoms with E-state index in [1.54, 1.807) is 56.5 Å². The lowest BCUT2D eigenvalue weighted by molar-refractivity contribution is -0.112. The molecular formula is C20H17BrN2O4. The van der Waals surface area contributed by atoms with Gasteiger partial charge in [0.2, 0.25) is 0 Å². The number of ether oxygens (including phenoxy) is 2. The van der Waals surface area contributed by atoms with Crippen molar-refractivity contribution in [1.82, 2.24) is 0 Å². The number of nitrogens with zero attached hydrogens (tertiary/aromatic N) is 1. The molecule has 0 aliphatic carbocycles. The summed E-state index contributed by atoms with van der Waals surface area (Å²) in [6.45, 7) is 2.01. The van der Waals surface area contributed by atoms with Crippen LogP contribution in [0, 0.1) is 11.3 Å². The van der Waals surface area contributed by atoms with Crippen molar-refractivity contribution >= 4 is 39.6 Å². The Kier molecular flexibility index (Phi) is 7.15. The zero-order valence-corrected chi connectivity index (χ0v) is 16.4. The minimum atomic E-state index is -0.548. The van der Waals surface area contributed by atoms with E-state index >= 15 is 0 Å². The zero-order valence-electron chi connectivity index (χ0n) is 14.8. The number of nitrogens with one attached hydrogen (secondary N) is 1. The average Bonchev–Trinajstić information content (AvgIpc) is 2.67. The number of amides is 1. The predicted octanol–water partition coefficient (Wildman–Crippen LogP) is 4.18. The van der Waals surface area contributed by atoms with Gasteiger partial charge in [-0.05, 0) is 70.9 Å². The maximum absolute atomic E-state index is 12.3. The molecule has 7 heteroatoms. The van der Waals surface area contributed by atoms with Gasteiger partial charge in [0.25, 0.3) is 5.91 Å². The van der Waals surface area contributed by atoms with Crippen molar-refractivity contribution in [3.8, 4) is 11.8 Å². The lowest BCUT2D eigenvalue weighted by Gasteiger charge is -2.07. The number of benzene rings is 2.